The van der Waals surface area contributed by atoms with E-state index in [1.165, 1.54) is 0 Å². The molecule has 3 aromatic rings. The monoisotopic (exact) mass is 470 g/mol. The molecule has 0 bridgehead atoms. The molecule has 9 nitrogen and oxygen atoms in total. The number of halogens is 1. The second kappa shape index (κ2) is 10.3. The molecule has 0 fully saturated rings. The third kappa shape index (κ3) is 5.97. The lowest BCUT2D eigenvalue weighted by atomic mass is 10.0. The van der Waals surface area contributed by atoms with Crippen molar-refractivity contribution in [1.82, 2.24) is 21.1 Å². The number of nitrogens with one attached hydrogen (secondary N) is 4. The number of aromatic nitrogens is 1. The molecule has 172 valence electrons. The molecule has 2 atom stereocenters. The van der Waals surface area contributed by atoms with Crippen molar-refractivity contribution in [3.63, 3.8) is 0 Å². The van der Waals surface area contributed by atoms with Crippen LogP contribution in [0.15, 0.2) is 66.0 Å². The standard InChI is InChI=1S/C23H23ClN4O5/c24-21-10-17(33-28-21)12-26-22(30)20(27-23(31)32-13-14-4-2-1-3-5-14)8-15-11-25-19-7-6-16(29)9-18(15)19/h1-7,9-11,17,20,25,28-29H,8,12-13H2,(H,26,30)(H,27,31)/t17?,20-/m0/s1. The fourth-order valence-corrected chi connectivity index (χ4v) is 3.64. The van der Waals surface area contributed by atoms with E-state index in [2.05, 4.69) is 21.1 Å². The van der Waals surface area contributed by atoms with Crippen LogP contribution in [0, 0.1) is 0 Å². The molecule has 0 aliphatic carbocycles. The number of hydrogen-bond acceptors (Lipinski definition) is 6. The third-order valence-corrected chi connectivity index (χ3v) is 5.32. The predicted octanol–water partition coefficient (Wildman–Crippen LogP) is 2.81. The van der Waals surface area contributed by atoms with Gasteiger partial charge in [-0.05, 0) is 35.4 Å². The Bertz CT molecular complexity index is 1160. The number of aromatic amines is 1. The Labute approximate surface area is 194 Å². The largest absolute Gasteiger partial charge is 0.508 e. The fraction of sp³-hybridized carbons (Fsp3) is 0.217. The third-order valence-electron chi connectivity index (χ3n) is 5.11. The van der Waals surface area contributed by atoms with Crippen LogP contribution in [0.4, 0.5) is 4.79 Å². The van der Waals surface area contributed by atoms with Crippen molar-refractivity contribution in [2.45, 2.75) is 25.2 Å². The molecule has 33 heavy (non-hydrogen) atoms. The highest BCUT2D eigenvalue weighted by molar-refractivity contribution is 6.29. The number of benzene rings is 2. The molecule has 5 N–H and O–H groups in total. The van der Waals surface area contributed by atoms with Crippen molar-refractivity contribution in [2.24, 2.45) is 0 Å². The smallest absolute Gasteiger partial charge is 0.408 e. The van der Waals surface area contributed by atoms with Gasteiger partial charge >= 0.3 is 6.09 Å². The lowest BCUT2D eigenvalue weighted by Gasteiger charge is -2.19. The molecule has 2 amide bonds. The van der Waals surface area contributed by atoms with Crippen molar-refractivity contribution in [3.05, 3.63) is 77.1 Å². The number of amides is 2. The van der Waals surface area contributed by atoms with Gasteiger partial charge in [0.05, 0.1) is 6.54 Å². The van der Waals surface area contributed by atoms with E-state index in [0.717, 1.165) is 22.0 Å². The van der Waals surface area contributed by atoms with E-state index in [9.17, 15) is 14.7 Å². The van der Waals surface area contributed by atoms with Crippen LogP contribution in [-0.2, 0) is 27.4 Å². The van der Waals surface area contributed by atoms with Crippen LogP contribution in [0.25, 0.3) is 10.9 Å². The summed E-state index contributed by atoms with van der Waals surface area (Å²) in [4.78, 5) is 33.7. The average molecular weight is 471 g/mol. The SMILES string of the molecule is O=C(N[C@@H](Cc1c[nH]c2ccc(O)cc12)C(=O)NCC1C=C(Cl)NO1)OCc1ccccc1. The molecule has 4 rings (SSSR count). The molecule has 0 saturated carbocycles. The summed E-state index contributed by atoms with van der Waals surface area (Å²) in [6.45, 7) is 0.237. The summed E-state index contributed by atoms with van der Waals surface area (Å²) < 4.78 is 5.29. The van der Waals surface area contributed by atoms with Crippen molar-refractivity contribution < 1.29 is 24.3 Å². The first-order valence-electron chi connectivity index (χ1n) is 10.3. The minimum Gasteiger partial charge on any atom is -0.508 e. The number of aromatic hydroxyl groups is 1. The highest BCUT2D eigenvalue weighted by atomic mass is 35.5. The van der Waals surface area contributed by atoms with E-state index in [1.807, 2.05) is 30.3 Å². The molecule has 1 aliphatic rings. The van der Waals surface area contributed by atoms with E-state index in [1.54, 1.807) is 30.5 Å². The van der Waals surface area contributed by atoms with Crippen molar-refractivity contribution >= 4 is 34.5 Å². The average Bonchev–Trinajstić information content (AvgIpc) is 3.42. The second-order valence-electron chi connectivity index (χ2n) is 7.52. The Hall–Kier alpha value is -3.69. The number of rotatable bonds is 8. The zero-order valence-corrected chi connectivity index (χ0v) is 18.3. The Morgan fingerprint density at radius 3 is 2.79 bits per heavy atom. The molecule has 2 heterocycles. The Morgan fingerprint density at radius 2 is 2.03 bits per heavy atom. The Balaban J connectivity index is 1.45. The number of carbonyl (C=O) groups is 2. The Morgan fingerprint density at radius 1 is 1.21 bits per heavy atom. The number of fused-ring (bicyclic) bond motifs is 1. The second-order valence-corrected chi connectivity index (χ2v) is 7.93. The molecule has 1 aromatic heterocycles. The molecule has 1 aliphatic heterocycles. The van der Waals surface area contributed by atoms with Crippen LogP contribution in [0.3, 0.4) is 0 Å². The van der Waals surface area contributed by atoms with Crippen LogP contribution < -0.4 is 16.1 Å². The summed E-state index contributed by atoms with van der Waals surface area (Å²) in [5.74, 6) is -0.310. The van der Waals surface area contributed by atoms with Gasteiger partial charge in [0.2, 0.25) is 5.91 Å². The van der Waals surface area contributed by atoms with Crippen LogP contribution in [0.5, 0.6) is 5.75 Å². The maximum atomic E-state index is 12.9. The van der Waals surface area contributed by atoms with Gasteiger partial charge in [0, 0.05) is 23.5 Å². The quantitative estimate of drug-likeness (QED) is 0.322. The van der Waals surface area contributed by atoms with E-state index < -0.39 is 24.1 Å². The zero-order valence-electron chi connectivity index (χ0n) is 17.5. The lowest BCUT2D eigenvalue weighted by molar-refractivity contribution is -0.123. The molecule has 1 unspecified atom stereocenters. The molecule has 0 radical (unpaired) electrons. The minimum absolute atomic E-state index is 0.0762. The minimum atomic E-state index is -0.927. The maximum Gasteiger partial charge on any atom is 0.408 e. The summed E-state index contributed by atoms with van der Waals surface area (Å²) in [5, 5.41) is 16.3. The molecule has 10 heteroatoms. The molecular weight excluding hydrogens is 448 g/mol. The number of alkyl carbamates (subject to hydrolysis) is 1. The Kier molecular flexibility index (Phi) is 7.01. The molecular formula is C23H23ClN4O5. The van der Waals surface area contributed by atoms with Gasteiger partial charge in [0.25, 0.3) is 0 Å². The summed E-state index contributed by atoms with van der Waals surface area (Å²) >= 11 is 5.82. The van der Waals surface area contributed by atoms with Gasteiger partial charge < -0.3 is 25.5 Å². The van der Waals surface area contributed by atoms with Gasteiger partial charge in [0.15, 0.2) is 0 Å². The van der Waals surface area contributed by atoms with E-state index >= 15 is 0 Å². The fourth-order valence-electron chi connectivity index (χ4n) is 3.46. The topological polar surface area (TPSA) is 125 Å². The van der Waals surface area contributed by atoms with Gasteiger partial charge in [-0.1, -0.05) is 41.9 Å². The van der Waals surface area contributed by atoms with Crippen LogP contribution in [-0.4, -0.2) is 40.8 Å². The summed E-state index contributed by atoms with van der Waals surface area (Å²) in [6.07, 6.45) is 2.39. The van der Waals surface area contributed by atoms with Gasteiger partial charge in [-0.25, -0.2) is 4.79 Å². The summed E-state index contributed by atoms with van der Waals surface area (Å²) in [7, 11) is 0. The summed E-state index contributed by atoms with van der Waals surface area (Å²) in [6, 6.07) is 13.2. The zero-order chi connectivity index (χ0) is 23.2. The van der Waals surface area contributed by atoms with Gasteiger partial charge in [0.1, 0.15) is 29.7 Å². The van der Waals surface area contributed by atoms with Gasteiger partial charge in [-0.15, -0.1) is 0 Å². The first-order chi connectivity index (χ1) is 16.0. The molecule has 0 spiro atoms. The first kappa shape index (κ1) is 22.5. The highest BCUT2D eigenvalue weighted by Crippen LogP contribution is 2.24. The van der Waals surface area contributed by atoms with Crippen LogP contribution in [0.2, 0.25) is 0 Å². The van der Waals surface area contributed by atoms with Crippen LogP contribution >= 0.6 is 11.6 Å². The number of phenolic OH excluding ortho intramolecular Hbond substituents is 1. The number of hydroxylamine groups is 1. The molecule has 2 aromatic carbocycles. The molecule has 0 saturated heterocycles. The van der Waals surface area contributed by atoms with E-state index in [4.69, 9.17) is 21.2 Å². The van der Waals surface area contributed by atoms with E-state index in [0.29, 0.717) is 5.16 Å². The number of carbonyl (C=O) groups excluding carboxylic acids is 2. The van der Waals surface area contributed by atoms with Crippen molar-refractivity contribution in [2.75, 3.05) is 6.54 Å². The van der Waals surface area contributed by atoms with Crippen LogP contribution in [0.1, 0.15) is 11.1 Å². The number of phenols is 1. The van der Waals surface area contributed by atoms with Crippen molar-refractivity contribution in [3.8, 4) is 5.75 Å². The summed E-state index contributed by atoms with van der Waals surface area (Å²) in [5.41, 5.74) is 4.90. The normalized spacial score (nSPS) is 16.0. The first-order valence-corrected chi connectivity index (χ1v) is 10.7. The number of hydrogen-bond donors (Lipinski definition) is 5. The lowest BCUT2D eigenvalue weighted by Crippen LogP contribution is -2.49. The maximum absolute atomic E-state index is 12.9. The highest BCUT2D eigenvalue weighted by Gasteiger charge is 2.25. The van der Waals surface area contributed by atoms with Crippen molar-refractivity contribution in [1.29, 1.82) is 0 Å². The predicted molar refractivity (Wildman–Crippen MR) is 122 cm³/mol. The number of H-pyrrole nitrogens is 1. The van der Waals surface area contributed by atoms with Gasteiger partial charge in [-0.3, -0.25) is 15.1 Å². The number of ether oxygens (including phenoxy) is 1. The van der Waals surface area contributed by atoms with Gasteiger partial charge in [-0.2, -0.15) is 0 Å². The van der Waals surface area contributed by atoms with E-state index in [-0.39, 0.29) is 25.3 Å².